The Kier molecular flexibility index (Phi) is 3.30. The van der Waals surface area contributed by atoms with E-state index in [9.17, 15) is 4.79 Å². The fourth-order valence-electron chi connectivity index (χ4n) is 2.06. The molecular weight excluding hydrogens is 312 g/mol. The van der Waals surface area contributed by atoms with Gasteiger partial charge in [0.15, 0.2) is 10.6 Å². The molecule has 2 aromatic heterocycles. The lowest BCUT2D eigenvalue weighted by Gasteiger charge is -2.05. The summed E-state index contributed by atoms with van der Waals surface area (Å²) in [5.74, 6) is 0.332. The fraction of sp³-hybridized carbons (Fsp3) is 0.154. The summed E-state index contributed by atoms with van der Waals surface area (Å²) in [5, 5.41) is 7.87. The highest BCUT2D eigenvalue weighted by atomic mass is 35.5. The molecule has 108 valence electrons. The molecule has 0 radical (unpaired) electrons. The van der Waals surface area contributed by atoms with Crippen molar-refractivity contribution in [2.24, 2.45) is 14.1 Å². The van der Waals surface area contributed by atoms with Gasteiger partial charge in [-0.05, 0) is 30.4 Å². The van der Waals surface area contributed by atoms with Crippen LogP contribution in [0.4, 0.5) is 11.5 Å². The van der Waals surface area contributed by atoms with Crippen molar-refractivity contribution in [3.63, 3.8) is 0 Å². The van der Waals surface area contributed by atoms with Crippen molar-refractivity contribution in [1.29, 1.82) is 0 Å². The van der Waals surface area contributed by atoms with Crippen molar-refractivity contribution in [2.45, 2.75) is 0 Å². The van der Waals surface area contributed by atoms with Crippen LogP contribution in [0.15, 0.2) is 33.6 Å². The van der Waals surface area contributed by atoms with Crippen LogP contribution in [0, 0.1) is 4.77 Å². The number of halogens is 1. The first-order valence-electron chi connectivity index (χ1n) is 6.07. The van der Waals surface area contributed by atoms with Crippen LogP contribution in [0.5, 0.6) is 0 Å². The van der Waals surface area contributed by atoms with Crippen molar-refractivity contribution >= 4 is 46.4 Å². The van der Waals surface area contributed by atoms with Crippen LogP contribution in [0.1, 0.15) is 0 Å². The number of fused-ring (bicyclic) bond motifs is 1. The van der Waals surface area contributed by atoms with Gasteiger partial charge in [0.25, 0.3) is 5.56 Å². The molecule has 8 heteroatoms. The third-order valence-electron chi connectivity index (χ3n) is 3.16. The molecule has 2 heterocycles. The summed E-state index contributed by atoms with van der Waals surface area (Å²) >= 11 is 11.1. The number of anilines is 2. The maximum Gasteiger partial charge on any atom is 0.269 e. The van der Waals surface area contributed by atoms with Gasteiger partial charge in [0.05, 0.1) is 0 Å². The van der Waals surface area contributed by atoms with Gasteiger partial charge in [0.2, 0.25) is 5.71 Å². The third-order valence-corrected chi connectivity index (χ3v) is 3.94. The zero-order valence-electron chi connectivity index (χ0n) is 11.3. The van der Waals surface area contributed by atoms with Crippen LogP contribution in [0.2, 0.25) is 5.02 Å². The fourth-order valence-corrected chi connectivity index (χ4v) is 2.41. The van der Waals surface area contributed by atoms with E-state index in [4.69, 9.17) is 28.3 Å². The van der Waals surface area contributed by atoms with Crippen LogP contribution in [0.3, 0.4) is 0 Å². The highest BCUT2D eigenvalue weighted by molar-refractivity contribution is 7.71. The number of benzene rings is 1. The lowest BCUT2D eigenvalue weighted by molar-refractivity contribution is 0.438. The standard InChI is InChI=1S/C13H11ClN4O2S/c1-17-11(19)9-10(15-8-5-3-4-7(14)6-8)16-20-12(9)18(2)13(17)21/h3-6H,1-2H3,(H,15,16). The minimum absolute atomic E-state index is 0.265. The van der Waals surface area contributed by atoms with Crippen LogP contribution in [-0.2, 0) is 14.1 Å². The van der Waals surface area contributed by atoms with Gasteiger partial charge >= 0.3 is 0 Å². The average Bonchev–Trinajstić information content (AvgIpc) is 2.87. The first-order valence-corrected chi connectivity index (χ1v) is 6.85. The Bertz CT molecular complexity index is 957. The summed E-state index contributed by atoms with van der Waals surface area (Å²) in [7, 11) is 3.33. The third kappa shape index (κ3) is 2.24. The van der Waals surface area contributed by atoms with Gasteiger partial charge in [-0.25, -0.2) is 0 Å². The van der Waals surface area contributed by atoms with Gasteiger partial charge < -0.3 is 9.84 Å². The minimum Gasteiger partial charge on any atom is -0.337 e. The average molecular weight is 323 g/mol. The Morgan fingerprint density at radius 3 is 2.81 bits per heavy atom. The molecule has 21 heavy (non-hydrogen) atoms. The van der Waals surface area contributed by atoms with Gasteiger partial charge in [-0.1, -0.05) is 22.8 Å². The summed E-state index contributed by atoms with van der Waals surface area (Å²) in [6.45, 7) is 0. The zero-order valence-corrected chi connectivity index (χ0v) is 12.8. The van der Waals surface area contributed by atoms with Gasteiger partial charge in [-0.3, -0.25) is 13.9 Å². The summed E-state index contributed by atoms with van der Waals surface area (Å²) in [4.78, 5) is 12.4. The van der Waals surface area contributed by atoms with Gasteiger partial charge in [-0.15, -0.1) is 0 Å². The molecule has 3 aromatic rings. The van der Waals surface area contributed by atoms with Crippen molar-refractivity contribution in [3.8, 4) is 0 Å². The number of nitrogens with zero attached hydrogens (tertiary/aromatic N) is 3. The molecule has 1 N–H and O–H groups in total. The molecule has 0 aliphatic carbocycles. The zero-order chi connectivity index (χ0) is 15.1. The molecule has 0 bridgehead atoms. The molecule has 0 spiro atoms. The molecule has 0 fully saturated rings. The second kappa shape index (κ2) is 5.01. The largest absolute Gasteiger partial charge is 0.337 e. The summed E-state index contributed by atoms with van der Waals surface area (Å²) in [6, 6.07) is 7.11. The van der Waals surface area contributed by atoms with E-state index in [1.807, 2.05) is 6.07 Å². The van der Waals surface area contributed by atoms with Crippen LogP contribution in [0.25, 0.3) is 11.1 Å². The van der Waals surface area contributed by atoms with Crippen molar-refractivity contribution in [2.75, 3.05) is 5.32 Å². The second-order valence-electron chi connectivity index (χ2n) is 4.55. The maximum absolute atomic E-state index is 12.4. The van der Waals surface area contributed by atoms with Gasteiger partial charge in [0.1, 0.15) is 5.39 Å². The molecule has 0 amide bonds. The Hall–Kier alpha value is -2.12. The quantitative estimate of drug-likeness (QED) is 0.735. The van der Waals surface area contributed by atoms with E-state index in [1.165, 1.54) is 4.57 Å². The Balaban J connectivity index is 2.21. The molecule has 1 aromatic carbocycles. The van der Waals surface area contributed by atoms with Crippen LogP contribution in [-0.4, -0.2) is 14.3 Å². The molecule has 0 aliphatic heterocycles. The second-order valence-corrected chi connectivity index (χ2v) is 5.35. The smallest absolute Gasteiger partial charge is 0.269 e. The number of hydrogen-bond donors (Lipinski definition) is 1. The van der Waals surface area contributed by atoms with Crippen LogP contribution >= 0.6 is 23.8 Å². The molecule has 0 saturated heterocycles. The molecule has 0 aliphatic rings. The molecule has 0 atom stereocenters. The van der Waals surface area contributed by atoms with E-state index in [-0.39, 0.29) is 5.56 Å². The SMILES string of the molecule is Cn1c(=O)c2c(Nc3cccc(Cl)c3)noc2n(C)c1=S. The number of hydrogen-bond acceptors (Lipinski definition) is 5. The van der Waals surface area contributed by atoms with Crippen molar-refractivity contribution in [3.05, 3.63) is 44.4 Å². The number of aryl methyl sites for hydroxylation is 1. The number of rotatable bonds is 2. The predicted molar refractivity (Wildman–Crippen MR) is 83.8 cm³/mol. The monoisotopic (exact) mass is 322 g/mol. The number of nitrogens with one attached hydrogen (secondary N) is 1. The first-order chi connectivity index (χ1) is 9.99. The topological polar surface area (TPSA) is 65.0 Å². The molecule has 0 saturated carbocycles. The van der Waals surface area contributed by atoms with E-state index >= 15 is 0 Å². The van der Waals surface area contributed by atoms with E-state index in [0.717, 1.165) is 0 Å². The summed E-state index contributed by atoms with van der Waals surface area (Å²) in [5.41, 5.74) is 0.774. The minimum atomic E-state index is -0.265. The maximum atomic E-state index is 12.4. The van der Waals surface area contributed by atoms with E-state index in [1.54, 1.807) is 36.9 Å². The molecule has 6 nitrogen and oxygen atoms in total. The molecule has 0 unspecified atom stereocenters. The Labute approximate surface area is 129 Å². The van der Waals surface area contributed by atoms with Gasteiger partial charge in [-0.2, -0.15) is 0 Å². The number of aromatic nitrogens is 3. The first kappa shape index (κ1) is 13.8. The predicted octanol–water partition coefficient (Wildman–Crippen LogP) is 2.99. The summed E-state index contributed by atoms with van der Waals surface area (Å²) < 4.78 is 8.57. The van der Waals surface area contributed by atoms with E-state index < -0.39 is 0 Å². The normalized spacial score (nSPS) is 11.0. The Morgan fingerprint density at radius 1 is 1.33 bits per heavy atom. The van der Waals surface area contributed by atoms with E-state index in [2.05, 4.69) is 10.5 Å². The van der Waals surface area contributed by atoms with Crippen LogP contribution < -0.4 is 10.9 Å². The van der Waals surface area contributed by atoms with Crippen molar-refractivity contribution in [1.82, 2.24) is 14.3 Å². The van der Waals surface area contributed by atoms with E-state index in [0.29, 0.717) is 32.4 Å². The van der Waals surface area contributed by atoms with Gasteiger partial charge in [0, 0.05) is 24.8 Å². The highest BCUT2D eigenvalue weighted by Crippen LogP contribution is 2.24. The van der Waals surface area contributed by atoms with Crippen molar-refractivity contribution < 1.29 is 4.52 Å². The Morgan fingerprint density at radius 2 is 2.10 bits per heavy atom. The lowest BCUT2D eigenvalue weighted by atomic mass is 10.3. The molecular formula is C13H11ClN4O2S. The molecule has 3 rings (SSSR count). The lowest BCUT2D eigenvalue weighted by Crippen LogP contribution is -2.21. The highest BCUT2D eigenvalue weighted by Gasteiger charge is 2.17. The summed E-state index contributed by atoms with van der Waals surface area (Å²) in [6.07, 6.45) is 0.